The van der Waals surface area contributed by atoms with Gasteiger partial charge in [-0.3, -0.25) is 0 Å². The van der Waals surface area contributed by atoms with E-state index in [4.69, 9.17) is 5.11 Å². The number of hydrogen-bond donors (Lipinski definition) is 2. The molecule has 0 aliphatic heterocycles. The average molecular weight is 342 g/mol. The second kappa shape index (κ2) is 24.3. The highest BCUT2D eigenvalue weighted by Gasteiger charge is 1.95. The minimum absolute atomic E-state index is 0.605. The van der Waals surface area contributed by atoms with Crippen LogP contribution in [-0.2, 0) is 0 Å². The summed E-state index contributed by atoms with van der Waals surface area (Å²) in [5.41, 5.74) is 0. The van der Waals surface area contributed by atoms with Crippen molar-refractivity contribution in [1.29, 1.82) is 0 Å². The molecule has 0 aromatic carbocycles. The fourth-order valence-electron chi connectivity index (χ4n) is 2.87. The van der Waals surface area contributed by atoms with Crippen LogP contribution >= 0.6 is 0 Å². The molecule has 0 saturated carbocycles. The molecule has 0 unspecified atom stereocenters. The van der Waals surface area contributed by atoms with E-state index in [0.717, 1.165) is 12.8 Å². The molecule has 0 atom stereocenters. The maximum atomic E-state index is 10.2. The Hall–Kier alpha value is -0.990. The number of carboxylic acid groups (broad SMARTS) is 1. The van der Waals surface area contributed by atoms with Crippen LogP contribution in [0.15, 0.2) is 13.2 Å². The first-order valence-corrected chi connectivity index (χ1v) is 10.2. The normalized spacial score (nSPS) is 10.0. The Balaban J connectivity index is 0. The zero-order valence-electron chi connectivity index (χ0n) is 16.3. The van der Waals surface area contributed by atoms with E-state index in [1.165, 1.54) is 89.9 Å². The number of hydrogen-bond acceptors (Lipinski definition) is 1. The van der Waals surface area contributed by atoms with Crippen molar-refractivity contribution < 1.29 is 9.90 Å². The fourth-order valence-corrected chi connectivity index (χ4v) is 2.87. The summed E-state index contributed by atoms with van der Waals surface area (Å²) in [6.45, 7) is 8.88. The van der Waals surface area contributed by atoms with Crippen LogP contribution in [0.25, 0.3) is 0 Å². The summed E-state index contributed by atoms with van der Waals surface area (Å²) in [6.07, 6.45) is 20.7. The third kappa shape index (κ3) is 25.9. The first-order chi connectivity index (χ1) is 11.8. The van der Waals surface area contributed by atoms with E-state index in [1.54, 1.807) is 0 Å². The molecule has 0 rings (SSSR count). The molecule has 0 fully saturated rings. The molecule has 0 saturated heterocycles. The molecule has 3 heteroatoms. The SMILES string of the molecule is C=C.CCCCCCCCCCCCCCCCCCNC(=O)O. The summed E-state index contributed by atoms with van der Waals surface area (Å²) in [6, 6.07) is 0. The van der Waals surface area contributed by atoms with Gasteiger partial charge in [0.05, 0.1) is 0 Å². The Labute approximate surface area is 151 Å². The molecule has 144 valence electrons. The van der Waals surface area contributed by atoms with Crippen LogP contribution in [0.4, 0.5) is 4.79 Å². The van der Waals surface area contributed by atoms with Gasteiger partial charge < -0.3 is 10.4 Å². The van der Waals surface area contributed by atoms with Crippen LogP contribution < -0.4 is 5.32 Å². The average Bonchev–Trinajstić information content (AvgIpc) is 2.59. The minimum atomic E-state index is -0.902. The highest BCUT2D eigenvalue weighted by molar-refractivity contribution is 5.64. The van der Waals surface area contributed by atoms with Crippen LogP contribution in [0.1, 0.15) is 110 Å². The van der Waals surface area contributed by atoms with Crippen LogP contribution in [0.3, 0.4) is 0 Å². The third-order valence-electron chi connectivity index (χ3n) is 4.31. The molecule has 0 aliphatic rings. The van der Waals surface area contributed by atoms with Gasteiger partial charge in [-0.25, -0.2) is 4.79 Å². The standard InChI is InChI=1S/C19H39NO2.C2H4/c1-2-3-4-5-6-7-8-9-10-11-12-13-14-15-16-17-18-20-19(21)22;1-2/h20H,2-18H2,1H3,(H,21,22);1-2H2. The van der Waals surface area contributed by atoms with Crippen molar-refractivity contribution in [3.05, 3.63) is 13.2 Å². The summed E-state index contributed by atoms with van der Waals surface area (Å²) in [5, 5.41) is 10.8. The highest BCUT2D eigenvalue weighted by atomic mass is 16.4. The summed E-state index contributed by atoms with van der Waals surface area (Å²) < 4.78 is 0. The van der Waals surface area contributed by atoms with Gasteiger partial charge in [0.1, 0.15) is 0 Å². The van der Waals surface area contributed by atoms with Crippen molar-refractivity contribution in [1.82, 2.24) is 5.32 Å². The predicted molar refractivity (Wildman–Crippen MR) is 107 cm³/mol. The summed E-state index contributed by atoms with van der Waals surface area (Å²) in [7, 11) is 0. The number of nitrogens with one attached hydrogen (secondary N) is 1. The quantitative estimate of drug-likeness (QED) is 0.215. The lowest BCUT2D eigenvalue weighted by molar-refractivity contribution is 0.194. The zero-order chi connectivity index (χ0) is 18.3. The van der Waals surface area contributed by atoms with Gasteiger partial charge in [-0.1, -0.05) is 103 Å². The zero-order valence-corrected chi connectivity index (χ0v) is 16.3. The van der Waals surface area contributed by atoms with E-state index in [0.29, 0.717) is 6.54 Å². The first-order valence-electron chi connectivity index (χ1n) is 10.2. The van der Waals surface area contributed by atoms with E-state index >= 15 is 0 Å². The Morgan fingerprint density at radius 1 is 0.667 bits per heavy atom. The lowest BCUT2D eigenvalue weighted by atomic mass is 10.0. The minimum Gasteiger partial charge on any atom is -0.465 e. The Bertz CT molecular complexity index is 244. The van der Waals surface area contributed by atoms with Gasteiger partial charge in [0.15, 0.2) is 0 Å². The molecule has 0 spiro atoms. The summed E-state index contributed by atoms with van der Waals surface area (Å²) >= 11 is 0. The van der Waals surface area contributed by atoms with Crippen molar-refractivity contribution in [2.45, 2.75) is 110 Å². The summed E-state index contributed by atoms with van der Waals surface area (Å²) in [4.78, 5) is 10.2. The van der Waals surface area contributed by atoms with Crippen LogP contribution in [0.5, 0.6) is 0 Å². The van der Waals surface area contributed by atoms with E-state index in [-0.39, 0.29) is 0 Å². The van der Waals surface area contributed by atoms with Crippen LogP contribution in [0.2, 0.25) is 0 Å². The molecule has 0 aliphatic carbocycles. The maximum absolute atomic E-state index is 10.2. The second-order valence-electron chi connectivity index (χ2n) is 6.54. The molecule has 0 aromatic heterocycles. The van der Waals surface area contributed by atoms with Gasteiger partial charge in [0, 0.05) is 6.54 Å². The first kappa shape index (κ1) is 25.3. The Morgan fingerprint density at radius 2 is 0.958 bits per heavy atom. The van der Waals surface area contributed by atoms with Gasteiger partial charge in [0.25, 0.3) is 0 Å². The van der Waals surface area contributed by atoms with Gasteiger partial charge in [-0.15, -0.1) is 13.2 Å². The smallest absolute Gasteiger partial charge is 0.404 e. The molecule has 0 aromatic rings. The molecule has 0 heterocycles. The van der Waals surface area contributed by atoms with Crippen molar-refractivity contribution in [2.24, 2.45) is 0 Å². The highest BCUT2D eigenvalue weighted by Crippen LogP contribution is 2.13. The fraction of sp³-hybridized carbons (Fsp3) is 0.857. The topological polar surface area (TPSA) is 49.3 Å². The van der Waals surface area contributed by atoms with E-state index in [2.05, 4.69) is 25.4 Å². The van der Waals surface area contributed by atoms with E-state index in [1.807, 2.05) is 0 Å². The predicted octanol–water partition coefficient (Wildman–Crippen LogP) is 7.32. The number of carbonyl (C=O) groups is 1. The molecule has 24 heavy (non-hydrogen) atoms. The van der Waals surface area contributed by atoms with Crippen molar-refractivity contribution >= 4 is 6.09 Å². The van der Waals surface area contributed by atoms with Crippen molar-refractivity contribution in [3.63, 3.8) is 0 Å². The molecule has 1 amide bonds. The molecular formula is C21H43NO2. The molecule has 2 N–H and O–H groups in total. The van der Waals surface area contributed by atoms with Crippen LogP contribution in [-0.4, -0.2) is 17.7 Å². The third-order valence-corrected chi connectivity index (χ3v) is 4.31. The Morgan fingerprint density at radius 3 is 1.25 bits per heavy atom. The van der Waals surface area contributed by atoms with Crippen molar-refractivity contribution in [2.75, 3.05) is 6.54 Å². The monoisotopic (exact) mass is 341 g/mol. The largest absolute Gasteiger partial charge is 0.465 e. The van der Waals surface area contributed by atoms with E-state index < -0.39 is 6.09 Å². The summed E-state index contributed by atoms with van der Waals surface area (Å²) in [5.74, 6) is 0. The van der Waals surface area contributed by atoms with Gasteiger partial charge in [-0.05, 0) is 6.42 Å². The van der Waals surface area contributed by atoms with E-state index in [9.17, 15) is 4.79 Å². The molecule has 3 nitrogen and oxygen atoms in total. The van der Waals surface area contributed by atoms with Gasteiger partial charge >= 0.3 is 6.09 Å². The van der Waals surface area contributed by atoms with Gasteiger partial charge in [-0.2, -0.15) is 0 Å². The number of amides is 1. The van der Waals surface area contributed by atoms with Crippen molar-refractivity contribution in [3.8, 4) is 0 Å². The Kier molecular flexibility index (Phi) is 25.5. The number of unbranched alkanes of at least 4 members (excludes halogenated alkanes) is 15. The molecular weight excluding hydrogens is 298 g/mol. The number of rotatable bonds is 17. The maximum Gasteiger partial charge on any atom is 0.404 e. The lowest BCUT2D eigenvalue weighted by Gasteiger charge is -2.03. The molecule has 0 bridgehead atoms. The van der Waals surface area contributed by atoms with Crippen LogP contribution in [0, 0.1) is 0 Å². The molecule has 0 radical (unpaired) electrons. The second-order valence-corrected chi connectivity index (χ2v) is 6.54. The lowest BCUT2D eigenvalue weighted by Crippen LogP contribution is -2.21. The van der Waals surface area contributed by atoms with Gasteiger partial charge in [0.2, 0.25) is 0 Å².